The van der Waals surface area contributed by atoms with E-state index in [1.54, 1.807) is 24.6 Å². The van der Waals surface area contributed by atoms with Crippen molar-refractivity contribution in [2.75, 3.05) is 7.11 Å². The van der Waals surface area contributed by atoms with Crippen molar-refractivity contribution in [1.29, 1.82) is 0 Å². The summed E-state index contributed by atoms with van der Waals surface area (Å²) in [5.41, 5.74) is 1.07. The molecule has 2 heterocycles. The highest BCUT2D eigenvalue weighted by molar-refractivity contribution is 9.11. The van der Waals surface area contributed by atoms with Crippen molar-refractivity contribution in [2.24, 2.45) is 0 Å². The molecule has 18 heavy (non-hydrogen) atoms. The molecule has 1 unspecified atom stereocenters. The van der Waals surface area contributed by atoms with E-state index in [1.165, 1.54) is 4.88 Å². The van der Waals surface area contributed by atoms with Gasteiger partial charge in [-0.05, 0) is 41.1 Å². The number of hydrogen-bond donors (Lipinski definition) is 1. The molecule has 0 radical (unpaired) electrons. The molecule has 0 bridgehead atoms. The van der Waals surface area contributed by atoms with Crippen LogP contribution >= 0.6 is 27.3 Å². The van der Waals surface area contributed by atoms with Crippen LogP contribution < -0.4 is 10.1 Å². The van der Waals surface area contributed by atoms with Gasteiger partial charge in [0.2, 0.25) is 5.88 Å². The number of rotatable bonds is 5. The average Bonchev–Trinajstić information content (AvgIpc) is 2.83. The lowest BCUT2D eigenvalue weighted by Crippen LogP contribution is -2.17. The third kappa shape index (κ3) is 3.31. The Kier molecular flexibility index (Phi) is 4.74. The number of hydrogen-bond acceptors (Lipinski definition) is 4. The number of ether oxygens (including phenoxy) is 1. The van der Waals surface area contributed by atoms with E-state index in [9.17, 15) is 0 Å². The van der Waals surface area contributed by atoms with Crippen molar-refractivity contribution in [3.8, 4) is 5.88 Å². The Balaban J connectivity index is 1.99. The summed E-state index contributed by atoms with van der Waals surface area (Å²) in [7, 11) is 1.64. The van der Waals surface area contributed by atoms with Gasteiger partial charge in [-0.15, -0.1) is 11.3 Å². The predicted molar refractivity (Wildman–Crippen MR) is 78.1 cm³/mol. The smallest absolute Gasteiger partial charge is 0.217 e. The largest absolute Gasteiger partial charge is 0.481 e. The zero-order valence-electron chi connectivity index (χ0n) is 10.3. The maximum Gasteiger partial charge on any atom is 0.217 e. The standard InChI is InChI=1S/C13H15BrN2OS/c1-9(11-5-6-12(14)18-11)16-8-10-4-3-7-15-13(10)17-2/h3-7,9,16H,8H2,1-2H3. The molecule has 0 fully saturated rings. The summed E-state index contributed by atoms with van der Waals surface area (Å²) in [6.45, 7) is 2.90. The summed E-state index contributed by atoms with van der Waals surface area (Å²) in [5, 5.41) is 3.47. The van der Waals surface area contributed by atoms with E-state index in [-0.39, 0.29) is 0 Å². The Labute approximate surface area is 119 Å². The van der Waals surface area contributed by atoms with Gasteiger partial charge in [0.1, 0.15) is 0 Å². The number of nitrogens with zero attached hydrogens (tertiary/aromatic N) is 1. The van der Waals surface area contributed by atoms with Crippen LogP contribution in [0.25, 0.3) is 0 Å². The van der Waals surface area contributed by atoms with Gasteiger partial charge in [0.25, 0.3) is 0 Å². The quantitative estimate of drug-likeness (QED) is 0.908. The minimum Gasteiger partial charge on any atom is -0.481 e. The van der Waals surface area contributed by atoms with Crippen molar-refractivity contribution in [2.45, 2.75) is 19.5 Å². The van der Waals surface area contributed by atoms with Crippen LogP contribution in [0.4, 0.5) is 0 Å². The van der Waals surface area contributed by atoms with E-state index in [4.69, 9.17) is 4.74 Å². The molecule has 0 aliphatic rings. The second-order valence-corrected chi connectivity index (χ2v) is 6.41. The highest BCUT2D eigenvalue weighted by Crippen LogP contribution is 2.27. The molecule has 1 N–H and O–H groups in total. The van der Waals surface area contributed by atoms with Crippen molar-refractivity contribution < 1.29 is 4.74 Å². The van der Waals surface area contributed by atoms with Crippen LogP contribution in [0, 0.1) is 0 Å². The summed E-state index contributed by atoms with van der Waals surface area (Å²) >= 11 is 5.23. The van der Waals surface area contributed by atoms with Gasteiger partial charge in [-0.3, -0.25) is 0 Å². The molecule has 0 saturated heterocycles. The molecular weight excluding hydrogens is 312 g/mol. The van der Waals surface area contributed by atoms with Crippen molar-refractivity contribution >= 4 is 27.3 Å². The Morgan fingerprint density at radius 2 is 2.28 bits per heavy atom. The van der Waals surface area contributed by atoms with E-state index in [1.807, 2.05) is 12.1 Å². The van der Waals surface area contributed by atoms with Crippen molar-refractivity contribution in [3.05, 3.63) is 44.7 Å². The SMILES string of the molecule is COc1ncccc1CNC(C)c1ccc(Br)s1. The van der Waals surface area contributed by atoms with E-state index in [0.717, 1.165) is 15.9 Å². The zero-order valence-corrected chi connectivity index (χ0v) is 12.7. The topological polar surface area (TPSA) is 34.1 Å². The summed E-state index contributed by atoms with van der Waals surface area (Å²) in [4.78, 5) is 5.49. The van der Waals surface area contributed by atoms with E-state index >= 15 is 0 Å². The van der Waals surface area contributed by atoms with Gasteiger partial charge in [0.15, 0.2) is 0 Å². The normalized spacial score (nSPS) is 12.4. The highest BCUT2D eigenvalue weighted by atomic mass is 79.9. The number of methoxy groups -OCH3 is 1. The van der Waals surface area contributed by atoms with Crippen LogP contribution in [0.3, 0.4) is 0 Å². The molecule has 0 amide bonds. The second kappa shape index (κ2) is 6.31. The third-order valence-electron chi connectivity index (χ3n) is 2.66. The first-order valence-corrected chi connectivity index (χ1v) is 7.28. The minimum atomic E-state index is 0.311. The summed E-state index contributed by atoms with van der Waals surface area (Å²) in [6, 6.07) is 8.46. The van der Waals surface area contributed by atoms with E-state index in [2.05, 4.69) is 45.3 Å². The minimum absolute atomic E-state index is 0.311. The Bertz CT molecular complexity index is 515. The lowest BCUT2D eigenvalue weighted by molar-refractivity contribution is 0.389. The van der Waals surface area contributed by atoms with Gasteiger partial charge in [-0.25, -0.2) is 4.98 Å². The van der Waals surface area contributed by atoms with Gasteiger partial charge in [0.05, 0.1) is 10.9 Å². The maximum atomic E-state index is 5.23. The van der Waals surface area contributed by atoms with Gasteiger partial charge in [-0.2, -0.15) is 0 Å². The van der Waals surface area contributed by atoms with Crippen LogP contribution in [-0.4, -0.2) is 12.1 Å². The van der Waals surface area contributed by atoms with Crippen LogP contribution in [0.2, 0.25) is 0 Å². The molecule has 0 aromatic carbocycles. The first-order chi connectivity index (χ1) is 8.70. The molecular formula is C13H15BrN2OS. The molecule has 5 heteroatoms. The first-order valence-electron chi connectivity index (χ1n) is 5.67. The van der Waals surface area contributed by atoms with Gasteiger partial charge in [0, 0.05) is 29.2 Å². The zero-order chi connectivity index (χ0) is 13.0. The van der Waals surface area contributed by atoms with Crippen LogP contribution in [0.15, 0.2) is 34.2 Å². The Morgan fingerprint density at radius 3 is 2.94 bits per heavy atom. The number of nitrogens with one attached hydrogen (secondary N) is 1. The Morgan fingerprint density at radius 1 is 1.44 bits per heavy atom. The molecule has 2 aromatic heterocycles. The van der Waals surface area contributed by atoms with Crippen LogP contribution in [0.1, 0.15) is 23.4 Å². The molecule has 2 rings (SSSR count). The molecule has 0 aliphatic carbocycles. The molecule has 0 aliphatic heterocycles. The van der Waals surface area contributed by atoms with Crippen LogP contribution in [-0.2, 0) is 6.54 Å². The molecule has 0 spiro atoms. The van der Waals surface area contributed by atoms with Crippen molar-refractivity contribution in [1.82, 2.24) is 10.3 Å². The number of aromatic nitrogens is 1. The lowest BCUT2D eigenvalue weighted by Gasteiger charge is -2.13. The molecule has 2 aromatic rings. The summed E-state index contributed by atoms with van der Waals surface area (Å²) < 4.78 is 6.39. The highest BCUT2D eigenvalue weighted by Gasteiger charge is 2.09. The number of pyridine rings is 1. The fourth-order valence-corrected chi connectivity index (χ4v) is 3.12. The van der Waals surface area contributed by atoms with E-state index in [0.29, 0.717) is 11.9 Å². The molecule has 3 nitrogen and oxygen atoms in total. The summed E-state index contributed by atoms with van der Waals surface area (Å²) in [5.74, 6) is 0.685. The predicted octanol–water partition coefficient (Wildman–Crippen LogP) is 3.77. The third-order valence-corrected chi connectivity index (χ3v) is 4.47. The van der Waals surface area contributed by atoms with Gasteiger partial charge >= 0.3 is 0 Å². The van der Waals surface area contributed by atoms with Crippen molar-refractivity contribution in [3.63, 3.8) is 0 Å². The lowest BCUT2D eigenvalue weighted by atomic mass is 10.2. The molecule has 1 atom stereocenters. The van der Waals surface area contributed by atoms with E-state index < -0.39 is 0 Å². The molecule has 96 valence electrons. The van der Waals surface area contributed by atoms with Crippen LogP contribution in [0.5, 0.6) is 5.88 Å². The fourth-order valence-electron chi connectivity index (χ4n) is 1.67. The monoisotopic (exact) mass is 326 g/mol. The number of halogens is 1. The van der Waals surface area contributed by atoms with Gasteiger partial charge < -0.3 is 10.1 Å². The Hall–Kier alpha value is -0.910. The fraction of sp³-hybridized carbons (Fsp3) is 0.308. The molecule has 0 saturated carbocycles. The number of thiophene rings is 1. The average molecular weight is 327 g/mol. The summed E-state index contributed by atoms with van der Waals surface area (Å²) in [6.07, 6.45) is 1.74. The first kappa shape index (κ1) is 13.5. The maximum absolute atomic E-state index is 5.23. The van der Waals surface area contributed by atoms with Gasteiger partial charge in [-0.1, -0.05) is 6.07 Å². The second-order valence-electron chi connectivity index (χ2n) is 3.92.